The predicted octanol–water partition coefficient (Wildman–Crippen LogP) is -1.49. The van der Waals surface area contributed by atoms with Crippen molar-refractivity contribution in [2.45, 2.75) is 13.0 Å². The summed E-state index contributed by atoms with van der Waals surface area (Å²) in [5.74, 6) is -1.22. The summed E-state index contributed by atoms with van der Waals surface area (Å²) < 4.78 is 25.0. The van der Waals surface area contributed by atoms with Crippen molar-refractivity contribution in [3.8, 4) is 0 Å². The van der Waals surface area contributed by atoms with Gasteiger partial charge in [-0.05, 0) is 6.92 Å². The molecule has 0 aromatic heterocycles. The molecule has 0 saturated carbocycles. The lowest BCUT2D eigenvalue weighted by molar-refractivity contribution is -0.138. The van der Waals surface area contributed by atoms with Crippen LogP contribution in [0.1, 0.15) is 6.92 Å². The highest BCUT2D eigenvalue weighted by Gasteiger charge is 2.16. The van der Waals surface area contributed by atoms with Gasteiger partial charge in [0.05, 0.1) is 0 Å². The molecule has 0 aliphatic carbocycles. The maximum Gasteiger partial charge on any atom is 0.321 e. The number of carbonyl (C=O) groups is 1. The quantitative estimate of drug-likeness (QED) is 0.493. The fraction of sp³-hybridized carbons (Fsp3) is 0.750. The van der Waals surface area contributed by atoms with Gasteiger partial charge in [-0.25, -0.2) is 4.72 Å². The molecule has 0 bridgehead atoms. The minimum atomic E-state index is -3.64. The molecule has 0 heterocycles. The fourth-order valence-corrected chi connectivity index (χ4v) is 1.03. The van der Waals surface area contributed by atoms with Crippen LogP contribution >= 0.6 is 0 Å². The van der Waals surface area contributed by atoms with E-state index in [1.165, 1.54) is 14.0 Å². The number of nitrogens with one attached hydrogen (secondary N) is 2. The van der Waals surface area contributed by atoms with Gasteiger partial charge in [-0.3, -0.25) is 4.79 Å². The summed E-state index contributed by atoms with van der Waals surface area (Å²) in [6.07, 6.45) is 0. The highest BCUT2D eigenvalue weighted by molar-refractivity contribution is 7.87. The summed E-state index contributed by atoms with van der Waals surface area (Å²) in [6, 6.07) is -1.12. The van der Waals surface area contributed by atoms with Crippen molar-refractivity contribution < 1.29 is 18.3 Å². The lowest BCUT2D eigenvalue weighted by atomic mass is 10.4. The Kier molecular flexibility index (Phi) is 3.43. The van der Waals surface area contributed by atoms with Gasteiger partial charge in [0.1, 0.15) is 6.04 Å². The number of hydrogen-bond acceptors (Lipinski definition) is 3. The summed E-state index contributed by atoms with van der Waals surface area (Å²) in [4.78, 5) is 10.1. The maximum absolute atomic E-state index is 10.6. The Morgan fingerprint density at radius 3 is 2.27 bits per heavy atom. The number of aliphatic carboxylic acids is 1. The van der Waals surface area contributed by atoms with Gasteiger partial charge in [0, 0.05) is 7.05 Å². The molecule has 0 spiro atoms. The van der Waals surface area contributed by atoms with Crippen LogP contribution in [0.3, 0.4) is 0 Å². The zero-order chi connectivity index (χ0) is 9.07. The van der Waals surface area contributed by atoms with E-state index in [1.807, 2.05) is 9.44 Å². The Hall–Kier alpha value is -0.660. The minimum Gasteiger partial charge on any atom is -0.480 e. The number of hydrogen-bond donors (Lipinski definition) is 3. The van der Waals surface area contributed by atoms with Crippen LogP contribution in [-0.4, -0.2) is 32.6 Å². The van der Waals surface area contributed by atoms with Crippen molar-refractivity contribution in [3.63, 3.8) is 0 Å². The highest BCUT2D eigenvalue weighted by atomic mass is 32.2. The Bertz CT molecular complexity index is 234. The van der Waals surface area contributed by atoms with Crippen LogP contribution in [0.4, 0.5) is 0 Å². The molecule has 1 unspecified atom stereocenters. The number of carboxylic acids is 1. The summed E-state index contributed by atoms with van der Waals surface area (Å²) in [7, 11) is -2.45. The predicted molar refractivity (Wildman–Crippen MR) is 38.2 cm³/mol. The Balaban J connectivity index is 4.16. The topological polar surface area (TPSA) is 95.5 Å². The van der Waals surface area contributed by atoms with Crippen LogP contribution in [-0.2, 0) is 15.0 Å². The molecule has 0 aliphatic rings. The average Bonchev–Trinajstić information content (AvgIpc) is 1.87. The van der Waals surface area contributed by atoms with E-state index in [0.29, 0.717) is 0 Å². The van der Waals surface area contributed by atoms with Gasteiger partial charge in [0.2, 0.25) is 0 Å². The van der Waals surface area contributed by atoms with Gasteiger partial charge in [0.25, 0.3) is 10.2 Å². The van der Waals surface area contributed by atoms with Gasteiger partial charge in [-0.1, -0.05) is 0 Å². The summed E-state index contributed by atoms with van der Waals surface area (Å²) in [5, 5.41) is 8.29. The third kappa shape index (κ3) is 3.91. The summed E-state index contributed by atoms with van der Waals surface area (Å²) >= 11 is 0. The third-order valence-corrected chi connectivity index (χ3v) is 2.17. The SMILES string of the molecule is CNS(=O)(=O)NC(C)C(=O)O. The van der Waals surface area contributed by atoms with Crippen LogP contribution in [0.2, 0.25) is 0 Å². The van der Waals surface area contributed by atoms with Gasteiger partial charge in [0.15, 0.2) is 0 Å². The first-order chi connectivity index (χ1) is 4.89. The van der Waals surface area contributed by atoms with E-state index in [1.54, 1.807) is 0 Å². The smallest absolute Gasteiger partial charge is 0.321 e. The molecule has 3 N–H and O–H groups in total. The van der Waals surface area contributed by atoms with Crippen LogP contribution in [0.15, 0.2) is 0 Å². The standard InChI is InChI=1S/C4H10N2O4S/c1-3(4(7)8)6-11(9,10)5-2/h3,5-6H,1-2H3,(H,7,8). The van der Waals surface area contributed by atoms with E-state index in [2.05, 4.69) is 0 Å². The van der Waals surface area contributed by atoms with Crippen molar-refractivity contribution in [1.29, 1.82) is 0 Å². The average molecular weight is 182 g/mol. The summed E-state index contributed by atoms with van der Waals surface area (Å²) in [6.45, 7) is 1.23. The molecule has 7 heteroatoms. The normalized spacial score (nSPS) is 14.4. The van der Waals surface area contributed by atoms with Crippen molar-refractivity contribution in [2.24, 2.45) is 0 Å². The largest absolute Gasteiger partial charge is 0.480 e. The summed E-state index contributed by atoms with van der Waals surface area (Å²) in [5.41, 5.74) is 0. The molecule has 6 nitrogen and oxygen atoms in total. The molecule has 11 heavy (non-hydrogen) atoms. The molecule has 66 valence electrons. The lowest BCUT2D eigenvalue weighted by Gasteiger charge is -2.07. The van der Waals surface area contributed by atoms with E-state index in [4.69, 9.17) is 5.11 Å². The van der Waals surface area contributed by atoms with Crippen molar-refractivity contribution >= 4 is 16.2 Å². The molecule has 0 aliphatic heterocycles. The van der Waals surface area contributed by atoms with Crippen molar-refractivity contribution in [3.05, 3.63) is 0 Å². The van der Waals surface area contributed by atoms with Gasteiger partial charge in [-0.15, -0.1) is 0 Å². The molecular formula is C4H10N2O4S. The minimum absolute atomic E-state index is 1.12. The second kappa shape index (κ2) is 3.65. The molecule has 0 aromatic carbocycles. The monoisotopic (exact) mass is 182 g/mol. The number of carboxylic acid groups (broad SMARTS) is 1. The van der Waals surface area contributed by atoms with Crippen LogP contribution in [0, 0.1) is 0 Å². The van der Waals surface area contributed by atoms with E-state index in [9.17, 15) is 13.2 Å². The molecule has 0 rings (SSSR count). The van der Waals surface area contributed by atoms with Crippen LogP contribution < -0.4 is 9.44 Å². The van der Waals surface area contributed by atoms with Gasteiger partial charge in [-0.2, -0.15) is 13.1 Å². The molecule has 1 atom stereocenters. The Morgan fingerprint density at radius 1 is 1.55 bits per heavy atom. The molecular weight excluding hydrogens is 172 g/mol. The molecule has 0 fully saturated rings. The molecule has 0 saturated heterocycles. The maximum atomic E-state index is 10.6. The van der Waals surface area contributed by atoms with Crippen LogP contribution in [0.5, 0.6) is 0 Å². The molecule has 0 amide bonds. The molecule has 0 aromatic rings. The second-order valence-corrected chi connectivity index (χ2v) is 3.54. The molecule has 0 radical (unpaired) electrons. The van der Waals surface area contributed by atoms with E-state index in [0.717, 1.165) is 0 Å². The second-order valence-electron chi connectivity index (χ2n) is 1.89. The number of rotatable bonds is 4. The van der Waals surface area contributed by atoms with Gasteiger partial charge >= 0.3 is 5.97 Å². The Morgan fingerprint density at radius 2 is 2.00 bits per heavy atom. The van der Waals surface area contributed by atoms with E-state index in [-0.39, 0.29) is 0 Å². The van der Waals surface area contributed by atoms with Crippen molar-refractivity contribution in [1.82, 2.24) is 9.44 Å². The first-order valence-electron chi connectivity index (χ1n) is 2.82. The van der Waals surface area contributed by atoms with Gasteiger partial charge < -0.3 is 5.11 Å². The van der Waals surface area contributed by atoms with E-state index < -0.39 is 22.2 Å². The van der Waals surface area contributed by atoms with Crippen LogP contribution in [0.25, 0.3) is 0 Å². The Labute approximate surface area is 64.8 Å². The zero-order valence-electron chi connectivity index (χ0n) is 6.16. The van der Waals surface area contributed by atoms with Crippen molar-refractivity contribution in [2.75, 3.05) is 7.05 Å². The highest BCUT2D eigenvalue weighted by Crippen LogP contribution is 1.83. The van der Waals surface area contributed by atoms with E-state index >= 15 is 0 Å². The zero-order valence-corrected chi connectivity index (χ0v) is 6.97. The third-order valence-electron chi connectivity index (χ3n) is 0.971. The fourth-order valence-electron chi connectivity index (χ4n) is 0.342. The first kappa shape index (κ1) is 10.3. The first-order valence-corrected chi connectivity index (χ1v) is 4.31. The lowest BCUT2D eigenvalue weighted by Crippen LogP contribution is -2.43.